The number of aliphatic imine (C=N–C) groups is 1. The van der Waals surface area contributed by atoms with Crippen molar-refractivity contribution < 1.29 is 0 Å². The van der Waals surface area contributed by atoms with Crippen molar-refractivity contribution in [2.45, 2.75) is 38.6 Å². The first-order valence-corrected chi connectivity index (χ1v) is 9.49. The molecule has 0 bridgehead atoms. The van der Waals surface area contributed by atoms with Gasteiger partial charge in [0.2, 0.25) is 0 Å². The number of terminal acetylenes is 1. The molecular weight excluding hydrogens is 348 g/mol. The zero-order valence-electron chi connectivity index (χ0n) is 16.1. The van der Waals surface area contributed by atoms with Crippen LogP contribution in [-0.4, -0.2) is 16.2 Å². The van der Waals surface area contributed by atoms with Crippen molar-refractivity contribution in [3.05, 3.63) is 75.4 Å². The van der Waals surface area contributed by atoms with Crippen molar-refractivity contribution in [3.63, 3.8) is 0 Å². The standard InChI is InChI=1S/C24H22N2S/c1-6-15-8-7-9-17-21(15)23(2,3)24(4,5)26-22(17)16-10-11-19-18(14-16)20(27)12-13-25-19/h1,7-14H,2-5H3,(H,25,27). The van der Waals surface area contributed by atoms with E-state index in [0.29, 0.717) is 0 Å². The molecule has 2 heterocycles. The maximum atomic E-state index is 5.85. The first-order chi connectivity index (χ1) is 12.8. The van der Waals surface area contributed by atoms with E-state index < -0.39 is 0 Å². The van der Waals surface area contributed by atoms with Gasteiger partial charge in [0, 0.05) is 43.7 Å². The van der Waals surface area contributed by atoms with Crippen LogP contribution in [0.2, 0.25) is 0 Å². The highest BCUT2D eigenvalue weighted by molar-refractivity contribution is 7.71. The molecular formula is C24H22N2S. The number of hydrogen-bond donors (Lipinski definition) is 1. The van der Waals surface area contributed by atoms with Crippen LogP contribution in [0.3, 0.4) is 0 Å². The number of nitrogens with zero attached hydrogens (tertiary/aromatic N) is 1. The second-order valence-electron chi connectivity index (χ2n) is 8.12. The third-order valence-corrected chi connectivity index (χ3v) is 6.41. The van der Waals surface area contributed by atoms with Gasteiger partial charge in [-0.15, -0.1) is 6.42 Å². The second-order valence-corrected chi connectivity index (χ2v) is 8.56. The van der Waals surface area contributed by atoms with Gasteiger partial charge in [0.15, 0.2) is 0 Å². The predicted octanol–water partition coefficient (Wildman–Crippen LogP) is 5.79. The fourth-order valence-corrected chi connectivity index (χ4v) is 4.10. The summed E-state index contributed by atoms with van der Waals surface area (Å²) in [6.45, 7) is 8.81. The lowest BCUT2D eigenvalue weighted by atomic mass is 9.64. The summed E-state index contributed by atoms with van der Waals surface area (Å²) >= 11 is 5.53. The number of fused-ring (bicyclic) bond motifs is 2. The van der Waals surface area contributed by atoms with Gasteiger partial charge in [0.05, 0.1) is 11.3 Å². The number of H-pyrrole nitrogens is 1. The maximum absolute atomic E-state index is 5.85. The Morgan fingerprint density at radius 3 is 2.59 bits per heavy atom. The van der Waals surface area contributed by atoms with E-state index in [1.165, 1.54) is 5.56 Å². The molecule has 2 nitrogen and oxygen atoms in total. The first kappa shape index (κ1) is 17.7. The fraction of sp³-hybridized carbons (Fsp3) is 0.250. The lowest BCUT2D eigenvalue weighted by Crippen LogP contribution is -2.46. The van der Waals surface area contributed by atoms with Gasteiger partial charge in [0.1, 0.15) is 0 Å². The predicted molar refractivity (Wildman–Crippen MR) is 116 cm³/mol. The molecule has 0 aliphatic carbocycles. The number of hydrogen-bond acceptors (Lipinski definition) is 2. The van der Waals surface area contributed by atoms with Crippen molar-refractivity contribution >= 4 is 28.8 Å². The molecule has 4 rings (SSSR count). The number of nitrogens with one attached hydrogen (secondary N) is 1. The molecule has 2 aromatic carbocycles. The third kappa shape index (κ3) is 2.56. The van der Waals surface area contributed by atoms with Gasteiger partial charge in [-0.25, -0.2) is 0 Å². The van der Waals surface area contributed by atoms with Gasteiger partial charge >= 0.3 is 0 Å². The molecule has 134 valence electrons. The molecule has 0 atom stereocenters. The Kier molecular flexibility index (Phi) is 3.87. The molecule has 0 amide bonds. The third-order valence-electron chi connectivity index (χ3n) is 6.05. The molecule has 0 saturated carbocycles. The summed E-state index contributed by atoms with van der Waals surface area (Å²) in [7, 11) is 0. The van der Waals surface area contributed by atoms with E-state index in [9.17, 15) is 0 Å². The molecule has 0 radical (unpaired) electrons. The summed E-state index contributed by atoms with van der Waals surface area (Å²) in [5, 5.41) is 1.03. The first-order valence-electron chi connectivity index (χ1n) is 9.08. The van der Waals surface area contributed by atoms with E-state index in [-0.39, 0.29) is 11.0 Å². The van der Waals surface area contributed by atoms with Crippen LogP contribution in [0.25, 0.3) is 10.9 Å². The van der Waals surface area contributed by atoms with Crippen LogP contribution in [0, 0.1) is 16.9 Å². The van der Waals surface area contributed by atoms with E-state index in [0.717, 1.165) is 37.8 Å². The van der Waals surface area contributed by atoms with Gasteiger partial charge < -0.3 is 4.98 Å². The van der Waals surface area contributed by atoms with Crippen molar-refractivity contribution in [2.24, 2.45) is 4.99 Å². The second kappa shape index (κ2) is 5.90. The number of benzene rings is 2. The molecule has 0 fully saturated rings. The van der Waals surface area contributed by atoms with Crippen LogP contribution in [-0.2, 0) is 5.41 Å². The Morgan fingerprint density at radius 2 is 1.85 bits per heavy atom. The summed E-state index contributed by atoms with van der Waals surface area (Å²) in [4.78, 5) is 8.45. The molecule has 0 saturated heterocycles. The minimum atomic E-state index is -0.295. The van der Waals surface area contributed by atoms with Crippen LogP contribution < -0.4 is 0 Å². The maximum Gasteiger partial charge on any atom is 0.0729 e. The minimum absolute atomic E-state index is 0.178. The zero-order chi connectivity index (χ0) is 19.4. The van der Waals surface area contributed by atoms with Crippen molar-refractivity contribution in [2.75, 3.05) is 0 Å². The molecule has 1 aliphatic rings. The fourth-order valence-electron chi connectivity index (χ4n) is 3.87. The van der Waals surface area contributed by atoms with Gasteiger partial charge in [-0.3, -0.25) is 4.99 Å². The lowest BCUT2D eigenvalue weighted by molar-refractivity contribution is 0.303. The minimum Gasteiger partial charge on any atom is -0.361 e. The molecule has 3 heteroatoms. The van der Waals surface area contributed by atoms with Crippen molar-refractivity contribution in [1.29, 1.82) is 0 Å². The average Bonchev–Trinajstić information content (AvgIpc) is 2.64. The highest BCUT2D eigenvalue weighted by atomic mass is 32.1. The number of aromatic nitrogens is 1. The smallest absolute Gasteiger partial charge is 0.0729 e. The van der Waals surface area contributed by atoms with Gasteiger partial charge in [-0.1, -0.05) is 50.2 Å². The molecule has 3 aromatic rings. The van der Waals surface area contributed by atoms with E-state index in [2.05, 4.69) is 62.9 Å². The Hall–Kier alpha value is -2.70. The quantitative estimate of drug-likeness (QED) is 0.426. The van der Waals surface area contributed by atoms with Crippen LogP contribution in [0.5, 0.6) is 0 Å². The molecule has 1 aromatic heterocycles. The molecule has 0 unspecified atom stereocenters. The van der Waals surface area contributed by atoms with Crippen LogP contribution in [0.4, 0.5) is 0 Å². The summed E-state index contributed by atoms with van der Waals surface area (Å²) in [5.74, 6) is 2.88. The highest BCUT2D eigenvalue weighted by Crippen LogP contribution is 2.45. The summed E-state index contributed by atoms with van der Waals surface area (Å²) in [6, 6.07) is 14.4. The lowest BCUT2D eigenvalue weighted by Gasteiger charge is -2.45. The SMILES string of the molecule is C#Cc1cccc2c1C(C)(C)C(C)(C)N=C2c1ccc2[nH]ccc(=S)c2c1. The number of rotatable bonds is 1. The van der Waals surface area contributed by atoms with Crippen molar-refractivity contribution in [3.8, 4) is 12.3 Å². The Morgan fingerprint density at radius 1 is 1.07 bits per heavy atom. The van der Waals surface area contributed by atoms with Crippen LogP contribution in [0.15, 0.2) is 53.7 Å². The Bertz CT molecular complexity index is 1200. The average molecular weight is 371 g/mol. The van der Waals surface area contributed by atoms with Crippen LogP contribution >= 0.6 is 12.2 Å². The highest BCUT2D eigenvalue weighted by Gasteiger charge is 2.45. The topological polar surface area (TPSA) is 28.1 Å². The van der Waals surface area contributed by atoms with Gasteiger partial charge in [0.25, 0.3) is 0 Å². The summed E-state index contributed by atoms with van der Waals surface area (Å²) in [6.07, 6.45) is 7.73. The molecule has 1 aliphatic heterocycles. The van der Waals surface area contributed by atoms with Gasteiger partial charge in [-0.05, 0) is 43.7 Å². The number of aromatic amines is 1. The molecule has 1 N–H and O–H groups in total. The largest absolute Gasteiger partial charge is 0.361 e. The molecule has 27 heavy (non-hydrogen) atoms. The van der Waals surface area contributed by atoms with E-state index in [4.69, 9.17) is 23.6 Å². The Labute approximate surface area is 165 Å². The van der Waals surface area contributed by atoms with Crippen molar-refractivity contribution in [1.82, 2.24) is 4.98 Å². The zero-order valence-corrected chi connectivity index (χ0v) is 16.9. The summed E-state index contributed by atoms with van der Waals surface area (Å²) < 4.78 is 0.833. The van der Waals surface area contributed by atoms with Gasteiger partial charge in [-0.2, -0.15) is 0 Å². The molecule has 0 spiro atoms. The monoisotopic (exact) mass is 370 g/mol. The summed E-state index contributed by atoms with van der Waals surface area (Å²) in [5.41, 5.74) is 5.84. The van der Waals surface area contributed by atoms with E-state index in [1.807, 2.05) is 24.4 Å². The van der Waals surface area contributed by atoms with Crippen LogP contribution in [0.1, 0.15) is 49.9 Å². The normalized spacial score (nSPS) is 17.1. The number of pyridine rings is 1. The van der Waals surface area contributed by atoms with E-state index >= 15 is 0 Å². The Balaban J connectivity index is 2.05. The van der Waals surface area contributed by atoms with E-state index in [1.54, 1.807) is 0 Å².